The van der Waals surface area contributed by atoms with Gasteiger partial charge in [-0.3, -0.25) is 0 Å². The first-order valence-electron chi connectivity index (χ1n) is 4.05. The van der Waals surface area contributed by atoms with E-state index in [1.54, 1.807) is 0 Å². The van der Waals surface area contributed by atoms with Crippen LogP contribution in [0.1, 0.15) is 39.0 Å². The Labute approximate surface area is 68.4 Å². The summed E-state index contributed by atoms with van der Waals surface area (Å²) < 4.78 is 0. The monoisotopic (exact) mass is 164 g/mol. The van der Waals surface area contributed by atoms with Crippen LogP contribution in [-0.2, 0) is 0 Å². The number of hydrogen-bond acceptors (Lipinski definition) is 1. The Morgan fingerprint density at radius 3 is 2.50 bits per heavy atom. The summed E-state index contributed by atoms with van der Waals surface area (Å²) in [6.07, 6.45) is 5.44. The van der Waals surface area contributed by atoms with Crippen LogP contribution >= 0.6 is 11.6 Å². The molecule has 1 atom stereocenters. The summed E-state index contributed by atoms with van der Waals surface area (Å²) in [5.74, 6) is 0.381. The highest BCUT2D eigenvalue weighted by Crippen LogP contribution is 2.05. The lowest BCUT2D eigenvalue weighted by molar-refractivity contribution is 0.183. The first-order valence-corrected chi connectivity index (χ1v) is 4.58. The molecule has 0 bridgehead atoms. The van der Waals surface area contributed by atoms with E-state index in [1.807, 2.05) is 0 Å². The molecule has 0 aromatic heterocycles. The van der Waals surface area contributed by atoms with Gasteiger partial charge in [0.15, 0.2) is 0 Å². The summed E-state index contributed by atoms with van der Waals surface area (Å²) in [5, 5.41) is 9.03. The second kappa shape index (κ2) is 7.36. The van der Waals surface area contributed by atoms with Gasteiger partial charge in [0.1, 0.15) is 0 Å². The fourth-order valence-corrected chi connectivity index (χ4v) is 1.04. The van der Waals surface area contributed by atoms with Gasteiger partial charge in [0, 0.05) is 5.88 Å². The van der Waals surface area contributed by atoms with E-state index in [9.17, 15) is 0 Å². The highest BCUT2D eigenvalue weighted by Gasteiger charge is 1.99. The summed E-state index contributed by atoms with van der Waals surface area (Å²) in [6.45, 7) is 2.18. The van der Waals surface area contributed by atoms with Crippen LogP contribution in [0.15, 0.2) is 0 Å². The van der Waals surface area contributed by atoms with Crippen LogP contribution < -0.4 is 0 Å². The number of halogens is 1. The van der Waals surface area contributed by atoms with E-state index in [0.717, 1.165) is 12.8 Å². The zero-order valence-electron chi connectivity index (χ0n) is 6.65. The zero-order valence-corrected chi connectivity index (χ0v) is 7.40. The second-order valence-electron chi connectivity index (χ2n) is 2.66. The smallest absolute Gasteiger partial charge is 0.0675 e. The van der Waals surface area contributed by atoms with Crippen molar-refractivity contribution in [2.75, 3.05) is 5.88 Å². The van der Waals surface area contributed by atoms with Gasteiger partial charge in [0.2, 0.25) is 0 Å². The molecule has 0 aliphatic carbocycles. The van der Waals surface area contributed by atoms with Gasteiger partial charge in [-0.2, -0.15) is 0 Å². The molecule has 1 N–H and O–H groups in total. The average Bonchev–Trinajstić information content (AvgIpc) is 1.98. The maximum Gasteiger partial charge on any atom is 0.0675 e. The Bertz CT molecular complexity index is 66.3. The van der Waals surface area contributed by atoms with Crippen molar-refractivity contribution in [3.05, 3.63) is 0 Å². The minimum absolute atomic E-state index is 0.279. The molecule has 0 saturated carbocycles. The van der Waals surface area contributed by atoms with Crippen LogP contribution in [-0.4, -0.2) is 17.1 Å². The van der Waals surface area contributed by atoms with Gasteiger partial charge < -0.3 is 5.11 Å². The lowest BCUT2D eigenvalue weighted by atomic mass is 10.1. The van der Waals surface area contributed by atoms with E-state index in [-0.39, 0.29) is 6.10 Å². The highest BCUT2D eigenvalue weighted by molar-refractivity contribution is 6.18. The molecule has 0 fully saturated rings. The molecular weight excluding hydrogens is 148 g/mol. The van der Waals surface area contributed by atoms with Crippen molar-refractivity contribution in [1.29, 1.82) is 0 Å². The van der Waals surface area contributed by atoms with Crippen LogP contribution in [0, 0.1) is 0 Å². The summed E-state index contributed by atoms with van der Waals surface area (Å²) in [7, 11) is 0. The SMILES string of the molecule is CCCCCC[C@@H](O)CCl. The Hall–Kier alpha value is 0.250. The maximum absolute atomic E-state index is 9.03. The van der Waals surface area contributed by atoms with Crippen LogP contribution in [0.2, 0.25) is 0 Å². The van der Waals surface area contributed by atoms with Gasteiger partial charge in [-0.1, -0.05) is 32.6 Å². The number of rotatable bonds is 6. The number of alkyl halides is 1. The van der Waals surface area contributed by atoms with Gasteiger partial charge in [0.25, 0.3) is 0 Å². The molecule has 0 aliphatic heterocycles. The van der Waals surface area contributed by atoms with Gasteiger partial charge in [-0.25, -0.2) is 0 Å². The lowest BCUT2D eigenvalue weighted by Crippen LogP contribution is -2.07. The summed E-state index contributed by atoms with van der Waals surface area (Å²) in [5.41, 5.74) is 0. The fourth-order valence-electron chi connectivity index (χ4n) is 0.884. The Kier molecular flexibility index (Phi) is 7.54. The minimum Gasteiger partial charge on any atom is -0.392 e. The van der Waals surface area contributed by atoms with Gasteiger partial charge in [-0.05, 0) is 6.42 Å². The van der Waals surface area contributed by atoms with E-state index >= 15 is 0 Å². The molecule has 62 valence electrons. The molecule has 0 saturated heterocycles. The molecule has 0 unspecified atom stereocenters. The van der Waals surface area contributed by atoms with Crippen LogP contribution in [0.4, 0.5) is 0 Å². The van der Waals surface area contributed by atoms with Gasteiger partial charge in [0.05, 0.1) is 6.10 Å². The number of aliphatic hydroxyl groups is 1. The lowest BCUT2D eigenvalue weighted by Gasteiger charge is -2.04. The molecule has 0 aromatic carbocycles. The van der Waals surface area contributed by atoms with E-state index in [2.05, 4.69) is 6.92 Å². The van der Waals surface area contributed by atoms with E-state index in [1.165, 1.54) is 19.3 Å². The van der Waals surface area contributed by atoms with Gasteiger partial charge >= 0.3 is 0 Å². The van der Waals surface area contributed by atoms with Crippen LogP contribution in [0.25, 0.3) is 0 Å². The highest BCUT2D eigenvalue weighted by atomic mass is 35.5. The normalized spacial score (nSPS) is 13.5. The molecule has 0 radical (unpaired) electrons. The molecular formula is C8H17ClO. The van der Waals surface area contributed by atoms with Crippen molar-refractivity contribution in [3.8, 4) is 0 Å². The average molecular weight is 165 g/mol. The van der Waals surface area contributed by atoms with E-state index < -0.39 is 0 Å². The predicted molar refractivity (Wildman–Crippen MR) is 45.5 cm³/mol. The van der Waals surface area contributed by atoms with Crippen molar-refractivity contribution in [2.45, 2.75) is 45.1 Å². The summed E-state index contributed by atoms with van der Waals surface area (Å²) in [4.78, 5) is 0. The van der Waals surface area contributed by atoms with E-state index in [0.29, 0.717) is 5.88 Å². The summed E-state index contributed by atoms with van der Waals surface area (Å²) in [6, 6.07) is 0. The van der Waals surface area contributed by atoms with Crippen LogP contribution in [0.3, 0.4) is 0 Å². The first-order chi connectivity index (χ1) is 4.81. The van der Waals surface area contributed by atoms with Crippen molar-refractivity contribution in [3.63, 3.8) is 0 Å². The number of aliphatic hydroxyl groups excluding tert-OH is 1. The standard InChI is InChI=1S/C8H17ClO/c1-2-3-4-5-6-8(10)7-9/h8,10H,2-7H2,1H3/t8-/m1/s1. The Morgan fingerprint density at radius 2 is 2.00 bits per heavy atom. The molecule has 1 nitrogen and oxygen atoms in total. The molecule has 10 heavy (non-hydrogen) atoms. The van der Waals surface area contributed by atoms with Crippen molar-refractivity contribution < 1.29 is 5.11 Å². The molecule has 0 spiro atoms. The van der Waals surface area contributed by atoms with Crippen molar-refractivity contribution in [1.82, 2.24) is 0 Å². The quantitative estimate of drug-likeness (QED) is 0.473. The molecule has 0 aromatic rings. The zero-order chi connectivity index (χ0) is 7.82. The maximum atomic E-state index is 9.03. The van der Waals surface area contributed by atoms with Crippen LogP contribution in [0.5, 0.6) is 0 Å². The number of hydrogen-bond donors (Lipinski definition) is 1. The molecule has 0 amide bonds. The van der Waals surface area contributed by atoms with E-state index in [4.69, 9.17) is 16.7 Å². The molecule has 0 heterocycles. The topological polar surface area (TPSA) is 20.2 Å². The molecule has 2 heteroatoms. The number of unbranched alkanes of at least 4 members (excludes halogenated alkanes) is 3. The minimum atomic E-state index is -0.279. The van der Waals surface area contributed by atoms with Crippen molar-refractivity contribution >= 4 is 11.6 Å². The van der Waals surface area contributed by atoms with Crippen molar-refractivity contribution in [2.24, 2.45) is 0 Å². The predicted octanol–water partition coefficient (Wildman–Crippen LogP) is 2.56. The second-order valence-corrected chi connectivity index (χ2v) is 2.97. The third kappa shape index (κ3) is 6.37. The molecule has 0 aliphatic rings. The summed E-state index contributed by atoms with van der Waals surface area (Å²) >= 11 is 5.41. The Balaban J connectivity index is 2.89. The third-order valence-corrected chi connectivity index (χ3v) is 1.93. The molecule has 0 rings (SSSR count). The Morgan fingerprint density at radius 1 is 1.30 bits per heavy atom. The first kappa shape index (κ1) is 10.2. The van der Waals surface area contributed by atoms with Gasteiger partial charge in [-0.15, -0.1) is 11.6 Å². The third-order valence-electron chi connectivity index (χ3n) is 1.57. The fraction of sp³-hybridized carbons (Fsp3) is 1.00. The largest absolute Gasteiger partial charge is 0.392 e.